The minimum atomic E-state index is -0.369. The van der Waals surface area contributed by atoms with Crippen LogP contribution < -0.4 is 9.64 Å². The Morgan fingerprint density at radius 3 is 2.43 bits per heavy atom. The van der Waals surface area contributed by atoms with Crippen LogP contribution in [-0.4, -0.2) is 72.3 Å². The van der Waals surface area contributed by atoms with Gasteiger partial charge in [0.15, 0.2) is 0 Å². The molecule has 2 aliphatic heterocycles. The summed E-state index contributed by atoms with van der Waals surface area (Å²) in [5.74, 6) is 0.166. The molecule has 8 heteroatoms. The molecule has 30 heavy (non-hydrogen) atoms. The first kappa shape index (κ1) is 19.9. The van der Waals surface area contributed by atoms with Crippen LogP contribution in [0.1, 0.15) is 16.8 Å². The SMILES string of the molecule is COc1cccc(N2C[C@@H](C(=O)N3CCN(C(=O)c4ccncc4)CC3)CC2=O)c1. The third-order valence-corrected chi connectivity index (χ3v) is 5.65. The zero-order chi connectivity index (χ0) is 21.1. The molecule has 3 heterocycles. The first-order valence-electron chi connectivity index (χ1n) is 9.99. The third kappa shape index (κ3) is 3.98. The Kier molecular flexibility index (Phi) is 5.65. The summed E-state index contributed by atoms with van der Waals surface area (Å²) < 4.78 is 5.23. The minimum Gasteiger partial charge on any atom is -0.497 e. The molecule has 1 aromatic carbocycles. The van der Waals surface area contributed by atoms with Crippen LogP contribution in [0.25, 0.3) is 0 Å². The van der Waals surface area contributed by atoms with Gasteiger partial charge in [-0.15, -0.1) is 0 Å². The van der Waals surface area contributed by atoms with Crippen LogP contribution in [0.2, 0.25) is 0 Å². The molecule has 0 N–H and O–H groups in total. The Bertz CT molecular complexity index is 941. The van der Waals surface area contributed by atoms with E-state index in [2.05, 4.69) is 4.98 Å². The molecule has 2 fully saturated rings. The van der Waals surface area contributed by atoms with Gasteiger partial charge in [0.25, 0.3) is 5.91 Å². The number of carbonyl (C=O) groups excluding carboxylic acids is 3. The summed E-state index contributed by atoms with van der Waals surface area (Å²) in [5, 5.41) is 0. The molecule has 2 saturated heterocycles. The van der Waals surface area contributed by atoms with Crippen LogP contribution in [0.15, 0.2) is 48.8 Å². The van der Waals surface area contributed by atoms with Crippen LogP contribution in [0.3, 0.4) is 0 Å². The predicted octanol–water partition coefficient (Wildman–Crippen LogP) is 1.43. The Hall–Kier alpha value is -3.42. The molecule has 0 spiro atoms. The van der Waals surface area contributed by atoms with Crippen LogP contribution in [-0.2, 0) is 9.59 Å². The quantitative estimate of drug-likeness (QED) is 0.764. The highest BCUT2D eigenvalue weighted by atomic mass is 16.5. The highest BCUT2D eigenvalue weighted by Gasteiger charge is 2.38. The zero-order valence-electron chi connectivity index (χ0n) is 16.9. The highest BCUT2D eigenvalue weighted by Crippen LogP contribution is 2.29. The second kappa shape index (κ2) is 8.52. The van der Waals surface area contributed by atoms with E-state index in [0.717, 1.165) is 5.69 Å². The van der Waals surface area contributed by atoms with Crippen molar-refractivity contribution in [2.45, 2.75) is 6.42 Å². The number of rotatable bonds is 4. The van der Waals surface area contributed by atoms with E-state index in [1.807, 2.05) is 18.2 Å². The number of nitrogens with zero attached hydrogens (tertiary/aromatic N) is 4. The number of piperazine rings is 1. The molecule has 0 bridgehead atoms. The maximum absolute atomic E-state index is 13.0. The maximum atomic E-state index is 13.0. The molecule has 3 amide bonds. The molecule has 0 aliphatic carbocycles. The number of hydrogen-bond donors (Lipinski definition) is 0. The number of ether oxygens (including phenoxy) is 1. The molecule has 0 unspecified atom stereocenters. The summed E-state index contributed by atoms with van der Waals surface area (Å²) in [5.41, 5.74) is 1.34. The van der Waals surface area contributed by atoms with Gasteiger partial charge in [0.2, 0.25) is 11.8 Å². The van der Waals surface area contributed by atoms with E-state index in [9.17, 15) is 14.4 Å². The van der Waals surface area contributed by atoms with Crippen LogP contribution >= 0.6 is 0 Å². The molecule has 0 radical (unpaired) electrons. The van der Waals surface area contributed by atoms with E-state index in [1.54, 1.807) is 52.4 Å². The van der Waals surface area contributed by atoms with Gasteiger partial charge in [0, 0.05) is 68.9 Å². The van der Waals surface area contributed by atoms with E-state index in [4.69, 9.17) is 4.74 Å². The van der Waals surface area contributed by atoms with Gasteiger partial charge in [-0.3, -0.25) is 19.4 Å². The van der Waals surface area contributed by atoms with E-state index >= 15 is 0 Å². The monoisotopic (exact) mass is 408 g/mol. The summed E-state index contributed by atoms with van der Waals surface area (Å²) in [7, 11) is 1.58. The second-order valence-corrected chi connectivity index (χ2v) is 7.46. The molecular weight excluding hydrogens is 384 g/mol. The largest absolute Gasteiger partial charge is 0.497 e. The van der Waals surface area contributed by atoms with Gasteiger partial charge in [-0.05, 0) is 24.3 Å². The van der Waals surface area contributed by atoms with Crippen molar-refractivity contribution in [2.75, 3.05) is 44.7 Å². The fraction of sp³-hybridized carbons (Fsp3) is 0.364. The number of pyridine rings is 1. The topological polar surface area (TPSA) is 83.1 Å². The van der Waals surface area contributed by atoms with Crippen molar-refractivity contribution in [1.29, 1.82) is 0 Å². The molecule has 1 atom stereocenters. The van der Waals surface area contributed by atoms with Crippen molar-refractivity contribution < 1.29 is 19.1 Å². The summed E-state index contributed by atoms with van der Waals surface area (Å²) in [6.45, 7) is 2.26. The van der Waals surface area contributed by atoms with E-state index in [-0.39, 0.29) is 30.1 Å². The first-order valence-corrected chi connectivity index (χ1v) is 9.99. The molecule has 8 nitrogen and oxygen atoms in total. The Morgan fingerprint density at radius 1 is 1.03 bits per heavy atom. The van der Waals surface area contributed by atoms with Crippen molar-refractivity contribution in [3.8, 4) is 5.75 Å². The molecule has 156 valence electrons. The average Bonchev–Trinajstić information content (AvgIpc) is 3.20. The lowest BCUT2D eigenvalue weighted by molar-refractivity contribution is -0.137. The van der Waals surface area contributed by atoms with Crippen LogP contribution in [0.5, 0.6) is 5.75 Å². The van der Waals surface area contributed by atoms with Gasteiger partial charge in [0.1, 0.15) is 5.75 Å². The number of carbonyl (C=O) groups is 3. The number of hydrogen-bond acceptors (Lipinski definition) is 5. The zero-order valence-corrected chi connectivity index (χ0v) is 16.9. The number of anilines is 1. The Morgan fingerprint density at radius 2 is 1.73 bits per heavy atom. The lowest BCUT2D eigenvalue weighted by Crippen LogP contribution is -2.52. The van der Waals surface area contributed by atoms with Gasteiger partial charge in [-0.2, -0.15) is 0 Å². The van der Waals surface area contributed by atoms with Gasteiger partial charge in [-0.25, -0.2) is 0 Å². The Labute approximate surface area is 175 Å². The molecule has 2 aliphatic rings. The first-order chi connectivity index (χ1) is 14.6. The van der Waals surface area contributed by atoms with Crippen LogP contribution in [0, 0.1) is 5.92 Å². The van der Waals surface area contributed by atoms with Gasteiger partial charge in [0.05, 0.1) is 13.0 Å². The maximum Gasteiger partial charge on any atom is 0.254 e. The van der Waals surface area contributed by atoms with Gasteiger partial charge < -0.3 is 19.4 Å². The van der Waals surface area contributed by atoms with E-state index in [1.165, 1.54) is 0 Å². The average molecular weight is 408 g/mol. The molecule has 1 aromatic heterocycles. The predicted molar refractivity (Wildman–Crippen MR) is 110 cm³/mol. The molecular formula is C22H24N4O4. The van der Waals surface area contributed by atoms with Crippen molar-refractivity contribution in [1.82, 2.24) is 14.8 Å². The van der Waals surface area contributed by atoms with Crippen molar-refractivity contribution in [2.24, 2.45) is 5.92 Å². The van der Waals surface area contributed by atoms with Gasteiger partial charge in [-0.1, -0.05) is 6.07 Å². The minimum absolute atomic E-state index is 0.0234. The second-order valence-electron chi connectivity index (χ2n) is 7.46. The molecule has 0 saturated carbocycles. The van der Waals surface area contributed by atoms with Gasteiger partial charge >= 0.3 is 0 Å². The van der Waals surface area contributed by atoms with E-state index in [0.29, 0.717) is 44.0 Å². The summed E-state index contributed by atoms with van der Waals surface area (Å²) in [6, 6.07) is 10.7. The van der Waals surface area contributed by atoms with Crippen LogP contribution in [0.4, 0.5) is 5.69 Å². The summed E-state index contributed by atoms with van der Waals surface area (Å²) >= 11 is 0. The third-order valence-electron chi connectivity index (χ3n) is 5.65. The Balaban J connectivity index is 1.35. The number of amides is 3. The smallest absolute Gasteiger partial charge is 0.254 e. The van der Waals surface area contributed by atoms with E-state index < -0.39 is 0 Å². The van der Waals surface area contributed by atoms with Crippen molar-refractivity contribution in [3.05, 3.63) is 54.4 Å². The number of benzene rings is 1. The lowest BCUT2D eigenvalue weighted by atomic mass is 10.1. The fourth-order valence-corrected chi connectivity index (χ4v) is 3.97. The van der Waals surface area contributed by atoms with Crippen molar-refractivity contribution >= 4 is 23.4 Å². The standard InChI is InChI=1S/C22H24N4O4/c1-30-19-4-2-3-18(14-19)26-15-17(13-20(26)27)22(29)25-11-9-24(10-12-25)21(28)16-5-7-23-8-6-16/h2-8,14,17H,9-13,15H2,1H3/t17-/m0/s1. The number of aromatic nitrogens is 1. The number of methoxy groups -OCH3 is 1. The molecule has 2 aromatic rings. The van der Waals surface area contributed by atoms with Crippen molar-refractivity contribution in [3.63, 3.8) is 0 Å². The fourth-order valence-electron chi connectivity index (χ4n) is 3.97. The lowest BCUT2D eigenvalue weighted by Gasteiger charge is -2.36. The summed E-state index contributed by atoms with van der Waals surface area (Å²) in [6.07, 6.45) is 3.39. The molecule has 4 rings (SSSR count). The highest BCUT2D eigenvalue weighted by molar-refractivity contribution is 6.00. The normalized spacial score (nSPS) is 19.2. The summed E-state index contributed by atoms with van der Waals surface area (Å²) in [4.78, 5) is 47.2.